The molecule has 2 aromatic heterocycles. The monoisotopic (exact) mass is 1100 g/mol. The Morgan fingerprint density at radius 2 is 1.08 bits per heavy atom. The van der Waals surface area contributed by atoms with Crippen molar-refractivity contribution in [2.24, 2.45) is 0 Å². The van der Waals surface area contributed by atoms with E-state index in [0.717, 1.165) is 50.2 Å². The molecule has 0 N–H and O–H groups in total. The number of rotatable bonds is 8. The molecule has 0 spiro atoms. The lowest BCUT2D eigenvalue weighted by Gasteiger charge is -2.68. The van der Waals surface area contributed by atoms with Crippen LogP contribution in [0.25, 0.3) is 38.8 Å². The number of hydrogen-bond donors (Lipinski definition) is 0. The number of anilines is 3. The van der Waals surface area contributed by atoms with Crippen LogP contribution in [0.2, 0.25) is 0 Å². The van der Waals surface area contributed by atoms with Crippen LogP contribution >= 0.6 is 0 Å². The van der Waals surface area contributed by atoms with Crippen LogP contribution < -0.4 is 14.5 Å². The first-order valence-electron chi connectivity index (χ1n) is 31.9. The van der Waals surface area contributed by atoms with Gasteiger partial charge in [-0.05, 0) is 138 Å². The number of aromatic nitrogens is 2. The molecule has 0 unspecified atom stereocenters. The molecule has 5 nitrogen and oxygen atoms in total. The summed E-state index contributed by atoms with van der Waals surface area (Å²) in [5.74, 6) is 1.91. The molecule has 11 aromatic carbocycles. The standard InChI is InChI=1S/C80H60N4O/c1-77(2,3)57-46-47-81-75(49-57)84-71-45-42-54(53-24-7-4-8-25-53)48-64(71)61-44-43-60(51-74(61)84)85-59-31-23-30-58(50-59)82-52-83(73-41-22-21-40-72(73)82)80-65-34-15-13-32-62(65)76(63-33-14-16-35-66(63)80)78(55-26-9-5-10-27-55)67-36-17-19-38-69(67)79(80,56-28-11-6-12-29-56)70-39-20-18-37-68(70)78/h4-51,76H,52H2,1-3H3/i4D,7D,8D,24D,25D. The normalized spacial score (nSPS) is 20.5. The van der Waals surface area contributed by atoms with Gasteiger partial charge in [0.2, 0.25) is 0 Å². The van der Waals surface area contributed by atoms with Crippen molar-refractivity contribution in [3.8, 4) is 28.4 Å². The van der Waals surface area contributed by atoms with Crippen LogP contribution in [0.15, 0.2) is 291 Å². The van der Waals surface area contributed by atoms with E-state index in [4.69, 9.17) is 16.6 Å². The van der Waals surface area contributed by atoms with Gasteiger partial charge in [-0.15, -0.1) is 0 Å². The third-order valence-corrected chi connectivity index (χ3v) is 19.1. The minimum atomic E-state index is -0.906. The number of para-hydroxylation sites is 2. The second kappa shape index (κ2) is 18.4. The molecule has 0 atom stereocenters. The van der Waals surface area contributed by atoms with Gasteiger partial charge >= 0.3 is 0 Å². The summed E-state index contributed by atoms with van der Waals surface area (Å²) in [4.78, 5) is 10.2. The Kier molecular flexibility index (Phi) is 9.60. The van der Waals surface area contributed by atoms with Crippen molar-refractivity contribution in [2.45, 2.75) is 48.5 Å². The lowest BCUT2D eigenvalue weighted by atomic mass is 9.37. The highest BCUT2D eigenvalue weighted by Gasteiger charge is 2.72. The second-order valence-electron chi connectivity index (χ2n) is 24.2. The summed E-state index contributed by atoms with van der Waals surface area (Å²) >= 11 is 0. The third kappa shape index (κ3) is 6.72. The van der Waals surface area contributed by atoms with E-state index in [2.05, 4.69) is 254 Å². The fourth-order valence-electron chi connectivity index (χ4n) is 16.0. The number of fused-ring (bicyclic) bond motifs is 4. The Hall–Kier alpha value is -10.2. The summed E-state index contributed by atoms with van der Waals surface area (Å²) in [6, 6.07) is 92.0. The molecule has 3 heterocycles. The predicted molar refractivity (Wildman–Crippen MR) is 346 cm³/mol. The maximum absolute atomic E-state index is 8.88. The van der Waals surface area contributed by atoms with E-state index in [1.807, 2.05) is 42.6 Å². The quantitative estimate of drug-likeness (QED) is 0.152. The topological polar surface area (TPSA) is 33.5 Å². The molecule has 0 saturated heterocycles. The number of ether oxygens (including phenoxy) is 1. The lowest BCUT2D eigenvalue weighted by molar-refractivity contribution is 0.282. The number of pyridine rings is 1. The molecular formula is C80H60N4O. The molecule has 0 radical (unpaired) electrons. The van der Waals surface area contributed by atoms with Crippen LogP contribution in [0.4, 0.5) is 17.1 Å². The molecule has 0 amide bonds. The van der Waals surface area contributed by atoms with Crippen molar-refractivity contribution in [3.05, 3.63) is 352 Å². The van der Waals surface area contributed by atoms with Gasteiger partial charge in [0, 0.05) is 40.7 Å². The molecule has 4 bridgehead atoms. The number of benzene rings is 11. The van der Waals surface area contributed by atoms with Crippen LogP contribution in [0.3, 0.4) is 0 Å². The Morgan fingerprint density at radius 3 is 1.76 bits per heavy atom. The van der Waals surface area contributed by atoms with Crippen LogP contribution in [0, 0.1) is 0 Å². The van der Waals surface area contributed by atoms with Crippen LogP contribution in [0.1, 0.15) is 94.7 Å². The van der Waals surface area contributed by atoms with Gasteiger partial charge in [0.25, 0.3) is 0 Å². The zero-order valence-electron chi connectivity index (χ0n) is 52.3. The van der Waals surface area contributed by atoms with Gasteiger partial charge in [-0.25, -0.2) is 4.98 Å². The number of hydrogen-bond acceptors (Lipinski definition) is 4. The van der Waals surface area contributed by atoms with E-state index in [-0.39, 0.29) is 41.1 Å². The van der Waals surface area contributed by atoms with Gasteiger partial charge in [-0.1, -0.05) is 233 Å². The second-order valence-corrected chi connectivity index (χ2v) is 24.2. The fourth-order valence-corrected chi connectivity index (χ4v) is 16.0. The van der Waals surface area contributed by atoms with Crippen LogP contribution in [-0.4, -0.2) is 16.2 Å². The average Bonchev–Trinajstić information content (AvgIpc) is 0.769. The lowest BCUT2D eigenvalue weighted by Crippen LogP contribution is -2.69. The molecule has 20 rings (SSSR count). The van der Waals surface area contributed by atoms with Gasteiger partial charge in [-0.3, -0.25) is 4.57 Å². The van der Waals surface area contributed by atoms with Gasteiger partial charge in [0.1, 0.15) is 22.9 Å². The van der Waals surface area contributed by atoms with Gasteiger partial charge < -0.3 is 14.5 Å². The van der Waals surface area contributed by atoms with E-state index in [1.54, 1.807) is 0 Å². The van der Waals surface area contributed by atoms with Crippen LogP contribution in [-0.2, 0) is 21.8 Å². The van der Waals surface area contributed by atoms with Crippen molar-refractivity contribution < 1.29 is 11.6 Å². The Balaban J connectivity index is 0.847. The third-order valence-electron chi connectivity index (χ3n) is 19.1. The zero-order chi connectivity index (χ0) is 61.0. The van der Waals surface area contributed by atoms with Crippen LogP contribution in [0.5, 0.6) is 11.5 Å². The summed E-state index contributed by atoms with van der Waals surface area (Å²) < 4.78 is 52.2. The molecule has 406 valence electrons. The SMILES string of the molecule is [2H]c1c([2H])c([2H])c(-c2ccc3c(c2)c2ccc(Oc4cccc(N5CN(C67c8ccccc8C(c8ccccc86)C6(c8ccccc8)c8ccccc8C7(c7ccccc7)c7ccccc76)c6ccccc65)c4)cc2n3-c2cc(C(C)(C)C)ccn2)c([2H])c1[2H]. The molecule has 13 aromatic rings. The molecule has 1 aliphatic heterocycles. The minimum absolute atomic E-state index is 0.0981. The largest absolute Gasteiger partial charge is 0.457 e. The molecule has 5 heteroatoms. The molecule has 85 heavy (non-hydrogen) atoms. The summed E-state index contributed by atoms with van der Waals surface area (Å²) in [5.41, 5.74) is 17.0. The summed E-state index contributed by atoms with van der Waals surface area (Å²) in [6.07, 6.45) is 1.85. The van der Waals surface area contributed by atoms with E-state index in [1.165, 1.54) is 55.6 Å². The average molecular weight is 1100 g/mol. The molecule has 0 fully saturated rings. The van der Waals surface area contributed by atoms with Crippen molar-refractivity contribution in [2.75, 3.05) is 16.5 Å². The molecular weight excluding hydrogens is 1030 g/mol. The highest BCUT2D eigenvalue weighted by molar-refractivity contribution is 6.11. The molecule has 7 aliphatic rings. The van der Waals surface area contributed by atoms with E-state index < -0.39 is 22.4 Å². The maximum atomic E-state index is 8.88. The number of nitrogens with zero attached hydrogens (tertiary/aromatic N) is 4. The van der Waals surface area contributed by atoms with Gasteiger partial charge in [0.15, 0.2) is 0 Å². The van der Waals surface area contributed by atoms with E-state index in [0.29, 0.717) is 23.7 Å². The Labute approximate surface area is 503 Å². The Morgan fingerprint density at radius 1 is 0.482 bits per heavy atom. The minimum Gasteiger partial charge on any atom is -0.457 e. The highest BCUT2D eigenvalue weighted by Crippen LogP contribution is 2.75. The van der Waals surface area contributed by atoms with Gasteiger partial charge in [-0.2, -0.15) is 0 Å². The first kappa shape index (κ1) is 44.4. The van der Waals surface area contributed by atoms with Crippen molar-refractivity contribution >= 4 is 38.9 Å². The molecule has 6 aliphatic carbocycles. The Bertz CT molecular complexity index is 5010. The van der Waals surface area contributed by atoms with E-state index in [9.17, 15) is 0 Å². The maximum Gasteiger partial charge on any atom is 0.137 e. The predicted octanol–water partition coefficient (Wildman–Crippen LogP) is 18.9. The van der Waals surface area contributed by atoms with Crippen molar-refractivity contribution in [1.82, 2.24) is 9.55 Å². The van der Waals surface area contributed by atoms with E-state index >= 15 is 0 Å². The smallest absolute Gasteiger partial charge is 0.137 e. The molecule has 0 saturated carbocycles. The zero-order valence-corrected chi connectivity index (χ0v) is 47.3. The van der Waals surface area contributed by atoms with Crippen molar-refractivity contribution in [1.29, 1.82) is 0 Å². The van der Waals surface area contributed by atoms with Gasteiger partial charge in [0.05, 0.1) is 46.8 Å². The fraction of sp³-hybridized carbons (Fsp3) is 0.113. The summed E-state index contributed by atoms with van der Waals surface area (Å²) in [5, 5.41) is 1.74. The van der Waals surface area contributed by atoms with Crippen molar-refractivity contribution in [3.63, 3.8) is 0 Å². The first-order chi connectivity index (χ1) is 43.9. The highest BCUT2D eigenvalue weighted by atomic mass is 16.5. The summed E-state index contributed by atoms with van der Waals surface area (Å²) in [6.45, 7) is 7.06. The first-order valence-corrected chi connectivity index (χ1v) is 29.4. The summed E-state index contributed by atoms with van der Waals surface area (Å²) in [7, 11) is 0.